The lowest BCUT2D eigenvalue weighted by molar-refractivity contribution is -0.126. The molecule has 390 valence electrons. The number of ether oxygens (including phenoxy) is 2. The van der Waals surface area contributed by atoms with E-state index in [1.807, 2.05) is 0 Å². The predicted octanol–water partition coefficient (Wildman–Crippen LogP) is 3.40. The van der Waals surface area contributed by atoms with Crippen LogP contribution in [-0.4, -0.2) is 139 Å². The smallest absolute Gasteiger partial charge is 0.234 e. The molecule has 1 fully saturated rings. The first kappa shape index (κ1) is 61.2. The van der Waals surface area contributed by atoms with E-state index in [9.17, 15) is 38.7 Å². The summed E-state index contributed by atoms with van der Waals surface area (Å²) in [5.41, 5.74) is 17.7. The summed E-state index contributed by atoms with van der Waals surface area (Å²) in [7, 11) is 0. The highest BCUT2D eigenvalue weighted by Crippen LogP contribution is 2.21. The molecule has 1 saturated heterocycles. The molecule has 69 heavy (non-hydrogen) atoms. The fourth-order valence-electron chi connectivity index (χ4n) is 7.88. The number of nitrogens with two attached hydrogens (primary N) is 3. The molecular formula is C49H81BrN8O10S. The number of Topliss-reactive ketones (excluding diaryl/α,β-unsaturated/α-hetero) is 4. The topological polar surface area (TPSA) is 297 Å². The Hall–Kier alpha value is -3.95. The lowest BCUT2D eigenvalue weighted by Crippen LogP contribution is -2.45. The Kier molecular flexibility index (Phi) is 32.7. The first-order valence-corrected chi connectivity index (χ1v) is 26.9. The van der Waals surface area contributed by atoms with Gasteiger partial charge < -0.3 is 53.0 Å². The summed E-state index contributed by atoms with van der Waals surface area (Å²) in [6.07, 6.45) is 7.11. The summed E-state index contributed by atoms with van der Waals surface area (Å²) in [6, 6.07) is 5.05. The number of guanidine groups is 1. The van der Waals surface area contributed by atoms with Crippen molar-refractivity contribution in [2.45, 2.75) is 135 Å². The molecule has 0 bridgehead atoms. The Morgan fingerprint density at radius 3 is 2.38 bits per heavy atom. The number of benzene rings is 1. The third-order valence-electron chi connectivity index (χ3n) is 12.3. The van der Waals surface area contributed by atoms with Gasteiger partial charge in [0.2, 0.25) is 17.7 Å². The lowest BCUT2D eigenvalue weighted by atomic mass is 9.89. The zero-order valence-corrected chi connectivity index (χ0v) is 43.4. The number of thioether (sulfide) groups is 1. The van der Waals surface area contributed by atoms with Crippen molar-refractivity contribution >= 4 is 74.5 Å². The minimum absolute atomic E-state index is 0.0190. The third kappa shape index (κ3) is 29.1. The average Bonchev–Trinajstić information content (AvgIpc) is 3.32. The monoisotopic (exact) mass is 1050 g/mol. The van der Waals surface area contributed by atoms with Crippen LogP contribution in [0.4, 0.5) is 0 Å². The molecule has 0 saturated carbocycles. The lowest BCUT2D eigenvalue weighted by Gasteiger charge is -2.26. The number of aromatic hydroxyl groups is 1. The second-order valence-corrected chi connectivity index (χ2v) is 19.6. The highest BCUT2D eigenvalue weighted by Gasteiger charge is 2.26. The van der Waals surface area contributed by atoms with Crippen molar-refractivity contribution in [1.29, 1.82) is 0 Å². The number of carbonyl (C=O) groups is 7. The van der Waals surface area contributed by atoms with Gasteiger partial charge in [-0.3, -0.25) is 38.6 Å². The van der Waals surface area contributed by atoms with Gasteiger partial charge in [-0.2, -0.15) is 11.8 Å². The molecule has 0 aromatic heterocycles. The first-order chi connectivity index (χ1) is 33.1. The molecule has 11 N–H and O–H groups in total. The molecule has 1 aromatic rings. The van der Waals surface area contributed by atoms with Crippen LogP contribution in [0.3, 0.4) is 0 Å². The number of nitrogens with one attached hydrogen (secondary N) is 4. The zero-order chi connectivity index (χ0) is 50.8. The highest BCUT2D eigenvalue weighted by molar-refractivity contribution is 9.09. The number of carbonyl (C=O) groups excluding carboxylic acids is 7. The minimum atomic E-state index is -0.694. The van der Waals surface area contributed by atoms with Gasteiger partial charge in [-0.25, -0.2) is 0 Å². The van der Waals surface area contributed by atoms with E-state index in [4.69, 9.17) is 26.7 Å². The van der Waals surface area contributed by atoms with Gasteiger partial charge in [-0.15, -0.1) is 0 Å². The van der Waals surface area contributed by atoms with E-state index in [2.05, 4.69) is 56.0 Å². The Morgan fingerprint density at radius 2 is 1.68 bits per heavy atom. The SMILES string of the molecule is CC[C@H](C)[C@H]1CCC[C@@H](CCNC(=O)CCOCCOCCCC(=O)CBr)C(=O)CN[C@H](C(=O)CC[C@@H](CCCN=C(N)N)CN[C@@H](Cc2ccc(O)cc2)C(N)=O)CCSCC(=O)CCC(=O)N1. The van der Waals surface area contributed by atoms with Crippen molar-refractivity contribution in [1.82, 2.24) is 21.3 Å². The summed E-state index contributed by atoms with van der Waals surface area (Å²) in [4.78, 5) is 94.7. The fourth-order valence-corrected chi connectivity index (χ4v) is 9.08. The van der Waals surface area contributed by atoms with Crippen LogP contribution in [0.5, 0.6) is 5.75 Å². The number of phenolic OH excluding ortho intramolecular Hbond substituents is 1. The molecule has 0 spiro atoms. The molecule has 6 atom stereocenters. The Balaban J connectivity index is 2.15. The van der Waals surface area contributed by atoms with Crippen LogP contribution in [-0.2, 0) is 49.5 Å². The van der Waals surface area contributed by atoms with Gasteiger partial charge in [-0.1, -0.05) is 54.8 Å². The number of amides is 3. The van der Waals surface area contributed by atoms with Gasteiger partial charge in [0.1, 0.15) is 28.9 Å². The predicted molar refractivity (Wildman–Crippen MR) is 274 cm³/mol. The molecular weight excluding hydrogens is 973 g/mol. The largest absolute Gasteiger partial charge is 0.508 e. The Bertz CT molecular complexity index is 1740. The average molecular weight is 1050 g/mol. The normalized spacial score (nSPS) is 19.3. The minimum Gasteiger partial charge on any atom is -0.508 e. The van der Waals surface area contributed by atoms with Crippen LogP contribution >= 0.6 is 27.7 Å². The number of hydrogen-bond acceptors (Lipinski definition) is 14. The van der Waals surface area contributed by atoms with Crippen LogP contribution in [0.25, 0.3) is 0 Å². The number of primary amides is 1. The van der Waals surface area contributed by atoms with E-state index < -0.39 is 23.9 Å². The Morgan fingerprint density at radius 1 is 0.942 bits per heavy atom. The second-order valence-electron chi connectivity index (χ2n) is 17.9. The quantitative estimate of drug-likeness (QED) is 0.0237. The number of phenols is 1. The van der Waals surface area contributed by atoms with Gasteiger partial charge in [0.05, 0.1) is 49.5 Å². The Labute approximate surface area is 421 Å². The summed E-state index contributed by atoms with van der Waals surface area (Å²) in [6.45, 7) is 6.47. The van der Waals surface area contributed by atoms with Gasteiger partial charge in [0.25, 0.3) is 0 Å². The number of rotatable bonds is 30. The maximum Gasteiger partial charge on any atom is 0.234 e. The standard InChI is InChI=1S/C49H81BrN8O10S/c1-3-34(2)41-10-4-8-37(19-23-54-46(64)20-25-68-27-26-67-24-6-9-39(60)30-50)45(63)32-57-42(21-28-69-33-40(61)16-18-47(65)58-41)44(62)17-13-36(7-5-22-55-49(52)53)31-56-43(48(51)66)29-35-11-14-38(59)15-12-35/h11-12,14-15,34,36-37,41-43,56-57,59H,3-10,13,16-33H2,1-2H3,(H2,51,66)(H,54,64)(H,58,65)(H4,52,53,55)/t34-,36+,37-,41+,42-,43-/m0/s1. The van der Waals surface area contributed by atoms with E-state index in [0.29, 0.717) is 115 Å². The van der Waals surface area contributed by atoms with Crippen LogP contribution in [0.1, 0.15) is 116 Å². The molecule has 1 aliphatic rings. The van der Waals surface area contributed by atoms with Crippen LogP contribution < -0.4 is 38.5 Å². The van der Waals surface area contributed by atoms with Crippen LogP contribution in [0, 0.1) is 17.8 Å². The fraction of sp³-hybridized carbons (Fsp3) is 0.714. The molecule has 3 amide bonds. The molecule has 1 heterocycles. The number of aliphatic imine (C=N–C) groups is 1. The highest BCUT2D eigenvalue weighted by atomic mass is 79.9. The zero-order valence-electron chi connectivity index (χ0n) is 41.0. The third-order valence-corrected chi connectivity index (χ3v) is 14.0. The van der Waals surface area contributed by atoms with Crippen molar-refractivity contribution in [2.24, 2.45) is 39.9 Å². The molecule has 0 aliphatic carbocycles. The van der Waals surface area contributed by atoms with E-state index in [1.165, 1.54) is 11.8 Å². The molecule has 0 unspecified atom stereocenters. The van der Waals surface area contributed by atoms with E-state index >= 15 is 0 Å². The maximum atomic E-state index is 14.1. The van der Waals surface area contributed by atoms with Crippen molar-refractivity contribution in [3.8, 4) is 5.75 Å². The first-order valence-electron chi connectivity index (χ1n) is 24.6. The molecule has 2 rings (SSSR count). The summed E-state index contributed by atoms with van der Waals surface area (Å²) < 4.78 is 11.0. The maximum absolute atomic E-state index is 14.1. The summed E-state index contributed by atoms with van der Waals surface area (Å²) in [5.74, 6) is -0.534. The molecule has 0 radical (unpaired) electrons. The van der Waals surface area contributed by atoms with Crippen LogP contribution in [0.15, 0.2) is 29.3 Å². The van der Waals surface area contributed by atoms with Gasteiger partial charge in [-0.05, 0) is 99.6 Å². The number of halogens is 1. The van der Waals surface area contributed by atoms with Crippen molar-refractivity contribution in [3.63, 3.8) is 0 Å². The summed E-state index contributed by atoms with van der Waals surface area (Å²) in [5, 5.41) is 22.7. The van der Waals surface area contributed by atoms with Crippen LogP contribution in [0.2, 0.25) is 0 Å². The van der Waals surface area contributed by atoms with Gasteiger partial charge >= 0.3 is 0 Å². The number of hydrogen-bond donors (Lipinski definition) is 8. The van der Waals surface area contributed by atoms with Gasteiger partial charge in [0, 0.05) is 63.8 Å². The number of ketones is 4. The molecule has 18 nitrogen and oxygen atoms in total. The van der Waals surface area contributed by atoms with E-state index in [0.717, 1.165) is 12.0 Å². The van der Waals surface area contributed by atoms with Crippen molar-refractivity contribution in [3.05, 3.63) is 29.8 Å². The molecule has 1 aromatic carbocycles. The second kappa shape index (κ2) is 36.9. The number of alkyl halides is 1. The number of nitrogens with zero attached hydrogens (tertiary/aromatic N) is 1. The van der Waals surface area contributed by atoms with Gasteiger partial charge in [0.15, 0.2) is 5.96 Å². The molecule has 20 heteroatoms. The van der Waals surface area contributed by atoms with E-state index in [1.54, 1.807) is 24.3 Å². The van der Waals surface area contributed by atoms with Crippen molar-refractivity contribution in [2.75, 3.05) is 69.4 Å². The van der Waals surface area contributed by atoms with Crippen molar-refractivity contribution < 1.29 is 48.1 Å². The molecule has 1 aliphatic heterocycles. The summed E-state index contributed by atoms with van der Waals surface area (Å²) >= 11 is 4.54. The van der Waals surface area contributed by atoms with E-state index in [-0.39, 0.29) is 116 Å².